The molecule has 6 nitrogen and oxygen atoms in total. The number of ether oxygens (including phenoxy) is 1. The maximum absolute atomic E-state index is 11.5. The zero-order valence-electron chi connectivity index (χ0n) is 8.58. The first-order valence-electron chi connectivity index (χ1n) is 4.80. The summed E-state index contributed by atoms with van der Waals surface area (Å²) in [5.41, 5.74) is 0.244. The third kappa shape index (κ3) is 1.81. The van der Waals surface area contributed by atoms with E-state index in [0.29, 0.717) is 5.36 Å². The van der Waals surface area contributed by atoms with E-state index in [-0.39, 0.29) is 12.1 Å². The molecule has 0 aliphatic carbocycles. The van der Waals surface area contributed by atoms with Crippen molar-refractivity contribution in [1.29, 1.82) is 0 Å². The van der Waals surface area contributed by atoms with E-state index in [4.69, 9.17) is 4.74 Å². The molecule has 0 N–H and O–H groups in total. The lowest BCUT2D eigenvalue weighted by Crippen LogP contribution is -2.42. The van der Waals surface area contributed by atoms with Gasteiger partial charge in [0.05, 0.1) is 6.61 Å². The number of carbonyl (C=O) groups excluding carboxylic acids is 2. The Morgan fingerprint density at radius 1 is 1.56 bits per heavy atom. The summed E-state index contributed by atoms with van der Waals surface area (Å²) < 4.78 is 4.73. The Kier molecular flexibility index (Phi) is 2.72. The van der Waals surface area contributed by atoms with Crippen LogP contribution in [0.15, 0.2) is 28.3 Å². The summed E-state index contributed by atoms with van der Waals surface area (Å²) in [6.45, 7) is 1.87. The Bertz CT molecular complexity index is 553. The molecule has 1 unspecified atom stereocenters. The van der Waals surface area contributed by atoms with Crippen LogP contribution in [-0.2, 0) is 14.3 Å². The molecule has 82 valence electrons. The van der Waals surface area contributed by atoms with Crippen LogP contribution in [0.4, 0.5) is 0 Å². The summed E-state index contributed by atoms with van der Waals surface area (Å²) in [7, 11) is 0. The normalized spacial score (nSPS) is 18.1. The average Bonchev–Trinajstić information content (AvgIpc) is 2.28. The first-order valence-corrected chi connectivity index (χ1v) is 4.80. The molecule has 2 rings (SSSR count). The van der Waals surface area contributed by atoms with Gasteiger partial charge < -0.3 is 4.74 Å². The highest BCUT2D eigenvalue weighted by atomic mass is 16.5. The van der Waals surface area contributed by atoms with Gasteiger partial charge in [0, 0.05) is 6.20 Å². The van der Waals surface area contributed by atoms with Crippen molar-refractivity contribution < 1.29 is 14.3 Å². The summed E-state index contributed by atoms with van der Waals surface area (Å²) in [4.78, 5) is 34.4. The van der Waals surface area contributed by atoms with Crippen molar-refractivity contribution in [2.75, 3.05) is 6.61 Å². The topological polar surface area (TPSA) is 81.0 Å². The lowest BCUT2D eigenvalue weighted by Gasteiger charge is -2.09. The second-order valence-electron chi connectivity index (χ2n) is 3.08. The van der Waals surface area contributed by atoms with Crippen molar-refractivity contribution >= 4 is 11.9 Å². The number of carbonyl (C=O) groups is 2. The number of pyridine rings is 1. The van der Waals surface area contributed by atoms with Crippen LogP contribution >= 0.6 is 0 Å². The SMILES string of the molecule is CCOC(=O)C1N=c2cccnc2=NC1=O. The summed E-state index contributed by atoms with van der Waals surface area (Å²) in [5.74, 6) is -1.31. The average molecular weight is 219 g/mol. The number of hydrogen-bond acceptors (Lipinski definition) is 5. The zero-order chi connectivity index (χ0) is 11.5. The van der Waals surface area contributed by atoms with Crippen LogP contribution in [0, 0.1) is 0 Å². The number of amides is 1. The molecule has 1 aliphatic heterocycles. The number of nitrogens with zero attached hydrogens (tertiary/aromatic N) is 3. The molecule has 1 aliphatic rings. The van der Waals surface area contributed by atoms with Crippen molar-refractivity contribution in [3.8, 4) is 0 Å². The van der Waals surface area contributed by atoms with E-state index in [2.05, 4.69) is 15.0 Å². The highest BCUT2D eigenvalue weighted by molar-refractivity contribution is 6.02. The maximum Gasteiger partial charge on any atom is 0.340 e. The van der Waals surface area contributed by atoms with Crippen molar-refractivity contribution in [1.82, 2.24) is 4.98 Å². The van der Waals surface area contributed by atoms with E-state index < -0.39 is 17.9 Å². The Hall–Kier alpha value is -2.11. The second-order valence-corrected chi connectivity index (χ2v) is 3.08. The predicted octanol–water partition coefficient (Wildman–Crippen LogP) is -1.21. The van der Waals surface area contributed by atoms with E-state index in [0.717, 1.165) is 0 Å². The van der Waals surface area contributed by atoms with Crippen molar-refractivity contribution in [3.05, 3.63) is 29.2 Å². The Balaban J connectivity index is 2.44. The molecule has 0 saturated carbocycles. The minimum atomic E-state index is -1.18. The summed E-state index contributed by atoms with van der Waals surface area (Å²) in [6, 6.07) is 2.12. The highest BCUT2D eigenvalue weighted by Crippen LogP contribution is 1.99. The fourth-order valence-electron chi connectivity index (χ4n) is 1.31. The molecule has 1 aromatic heterocycles. The molecule has 16 heavy (non-hydrogen) atoms. The van der Waals surface area contributed by atoms with Crippen LogP contribution in [-0.4, -0.2) is 29.5 Å². The Morgan fingerprint density at radius 3 is 3.12 bits per heavy atom. The fraction of sp³-hybridized carbons (Fsp3) is 0.300. The number of fused-ring (bicyclic) bond motifs is 1. The van der Waals surface area contributed by atoms with Crippen molar-refractivity contribution in [2.24, 2.45) is 9.98 Å². The first-order chi connectivity index (χ1) is 7.72. The predicted molar refractivity (Wildman–Crippen MR) is 52.0 cm³/mol. The molecule has 0 radical (unpaired) electrons. The molecular formula is C10H9N3O3. The van der Waals surface area contributed by atoms with Crippen LogP contribution in [0.5, 0.6) is 0 Å². The lowest BCUT2D eigenvalue weighted by molar-refractivity contribution is -0.147. The van der Waals surface area contributed by atoms with Crippen molar-refractivity contribution in [2.45, 2.75) is 13.0 Å². The first kappa shape index (κ1) is 10.4. The molecule has 0 aromatic carbocycles. The zero-order valence-corrected chi connectivity index (χ0v) is 8.58. The van der Waals surface area contributed by atoms with Gasteiger partial charge in [0.25, 0.3) is 5.91 Å². The molecule has 1 atom stereocenters. The van der Waals surface area contributed by atoms with Gasteiger partial charge in [-0.2, -0.15) is 4.99 Å². The molecular weight excluding hydrogens is 210 g/mol. The molecule has 0 spiro atoms. The van der Waals surface area contributed by atoms with Crippen LogP contribution in [0.2, 0.25) is 0 Å². The van der Waals surface area contributed by atoms with Gasteiger partial charge in [-0.3, -0.25) is 9.79 Å². The van der Waals surface area contributed by atoms with Gasteiger partial charge >= 0.3 is 5.97 Å². The van der Waals surface area contributed by atoms with Crippen LogP contribution in [0.1, 0.15) is 6.92 Å². The van der Waals surface area contributed by atoms with E-state index in [1.807, 2.05) is 0 Å². The lowest BCUT2D eigenvalue weighted by atomic mass is 10.2. The van der Waals surface area contributed by atoms with Gasteiger partial charge in [-0.15, -0.1) is 0 Å². The number of rotatable bonds is 2. The largest absolute Gasteiger partial charge is 0.464 e. The van der Waals surface area contributed by atoms with Gasteiger partial charge in [0.2, 0.25) is 6.04 Å². The Labute approximate surface area is 90.7 Å². The highest BCUT2D eigenvalue weighted by Gasteiger charge is 2.29. The van der Waals surface area contributed by atoms with Crippen LogP contribution in [0.25, 0.3) is 0 Å². The van der Waals surface area contributed by atoms with E-state index in [9.17, 15) is 9.59 Å². The van der Waals surface area contributed by atoms with Gasteiger partial charge in [-0.1, -0.05) is 0 Å². The third-order valence-electron chi connectivity index (χ3n) is 1.99. The molecule has 1 amide bonds. The van der Waals surface area contributed by atoms with Gasteiger partial charge in [0.1, 0.15) is 5.36 Å². The summed E-state index contributed by atoms with van der Waals surface area (Å²) in [5, 5.41) is 0.431. The molecule has 1 aromatic rings. The number of hydrogen-bond donors (Lipinski definition) is 0. The van der Waals surface area contributed by atoms with Gasteiger partial charge in [0.15, 0.2) is 5.49 Å². The smallest absolute Gasteiger partial charge is 0.340 e. The molecule has 0 fully saturated rings. The third-order valence-corrected chi connectivity index (χ3v) is 1.99. The van der Waals surface area contributed by atoms with E-state index in [1.54, 1.807) is 19.1 Å². The second kappa shape index (κ2) is 4.18. The van der Waals surface area contributed by atoms with Crippen LogP contribution in [0.3, 0.4) is 0 Å². The molecule has 0 saturated heterocycles. The molecule has 6 heteroatoms. The van der Waals surface area contributed by atoms with Gasteiger partial charge in [-0.05, 0) is 19.1 Å². The Morgan fingerprint density at radius 2 is 2.38 bits per heavy atom. The summed E-state index contributed by atoms with van der Waals surface area (Å²) >= 11 is 0. The van der Waals surface area contributed by atoms with Crippen molar-refractivity contribution in [3.63, 3.8) is 0 Å². The minimum Gasteiger partial charge on any atom is -0.464 e. The van der Waals surface area contributed by atoms with Gasteiger partial charge in [-0.25, -0.2) is 9.78 Å². The van der Waals surface area contributed by atoms with Crippen LogP contribution < -0.4 is 10.8 Å². The van der Waals surface area contributed by atoms with E-state index >= 15 is 0 Å². The standard InChI is InChI=1S/C10H9N3O3/c1-2-16-10(15)7-9(14)13-8-6(12-7)4-3-5-11-8/h3-5,7H,2H2,1H3. The quantitative estimate of drug-likeness (QED) is 0.462. The maximum atomic E-state index is 11.5. The number of esters is 1. The van der Waals surface area contributed by atoms with E-state index in [1.165, 1.54) is 6.20 Å². The molecule has 2 heterocycles. The monoisotopic (exact) mass is 219 g/mol. The fourth-order valence-corrected chi connectivity index (χ4v) is 1.31. The number of aromatic nitrogens is 1. The summed E-state index contributed by atoms with van der Waals surface area (Å²) in [6.07, 6.45) is 1.51. The molecule has 0 bridgehead atoms. The minimum absolute atomic E-state index is 0.206.